The van der Waals surface area contributed by atoms with Crippen molar-refractivity contribution in [3.05, 3.63) is 47.3 Å². The molecule has 2 atom stereocenters. The predicted molar refractivity (Wildman–Crippen MR) is 93.7 cm³/mol. The van der Waals surface area contributed by atoms with Crippen molar-refractivity contribution < 1.29 is 0 Å². The maximum Gasteiger partial charge on any atom is 0.0522 e. The minimum absolute atomic E-state index is 0.693. The molecule has 1 nitrogen and oxygen atoms in total. The standard InChI is InChI=1S/C16H15N.2C2H6/c1-10-12-4-2-3-5-14(12)15-9-7-11-6-8-13(11)16(15)17-10;2*1-2/h2-5,7,9,11,13H,6,8H2,1H3;2*1-2H3. The van der Waals surface area contributed by atoms with E-state index in [9.17, 15) is 0 Å². The molecule has 0 N–H and O–H groups in total. The van der Waals surface area contributed by atoms with E-state index < -0.39 is 0 Å². The van der Waals surface area contributed by atoms with Crippen LogP contribution in [0.3, 0.4) is 0 Å². The van der Waals surface area contributed by atoms with Crippen LogP contribution in [0.5, 0.6) is 0 Å². The van der Waals surface area contributed by atoms with Gasteiger partial charge in [-0.2, -0.15) is 0 Å². The zero-order valence-corrected chi connectivity index (χ0v) is 14.0. The van der Waals surface area contributed by atoms with Crippen LogP contribution in [0.15, 0.2) is 30.3 Å². The highest BCUT2D eigenvalue weighted by Gasteiger charge is 2.35. The highest BCUT2D eigenvalue weighted by Crippen LogP contribution is 2.48. The average molecular weight is 281 g/mol. The van der Waals surface area contributed by atoms with Crippen molar-refractivity contribution in [1.82, 2.24) is 4.98 Å². The van der Waals surface area contributed by atoms with E-state index in [1.54, 1.807) is 0 Å². The summed E-state index contributed by atoms with van der Waals surface area (Å²) in [7, 11) is 0. The van der Waals surface area contributed by atoms with Gasteiger partial charge in [0.1, 0.15) is 0 Å². The Kier molecular flexibility index (Phi) is 5.17. The van der Waals surface area contributed by atoms with E-state index in [-0.39, 0.29) is 0 Å². The van der Waals surface area contributed by atoms with Crippen molar-refractivity contribution in [2.45, 2.75) is 53.4 Å². The number of aryl methyl sites for hydroxylation is 1. The van der Waals surface area contributed by atoms with E-state index in [4.69, 9.17) is 4.98 Å². The van der Waals surface area contributed by atoms with Crippen LogP contribution in [0.25, 0.3) is 16.8 Å². The first-order valence-electron chi connectivity index (χ1n) is 8.42. The zero-order valence-electron chi connectivity index (χ0n) is 14.0. The van der Waals surface area contributed by atoms with Gasteiger partial charge in [0.2, 0.25) is 0 Å². The number of allylic oxidation sites excluding steroid dienone is 1. The van der Waals surface area contributed by atoms with Gasteiger partial charge in [-0.05, 0) is 31.1 Å². The lowest BCUT2D eigenvalue weighted by atomic mass is 9.67. The lowest BCUT2D eigenvalue weighted by Crippen LogP contribution is -2.26. The number of rotatable bonds is 0. The molecule has 2 unspecified atom stereocenters. The van der Waals surface area contributed by atoms with Crippen LogP contribution >= 0.6 is 0 Å². The second-order valence-electron chi connectivity index (χ2n) is 5.25. The summed E-state index contributed by atoms with van der Waals surface area (Å²) in [5, 5.41) is 2.67. The van der Waals surface area contributed by atoms with Crippen LogP contribution < -0.4 is 0 Å². The Balaban J connectivity index is 0.000000374. The second kappa shape index (κ2) is 6.89. The highest BCUT2D eigenvalue weighted by molar-refractivity contribution is 5.93. The maximum absolute atomic E-state index is 4.87. The smallest absolute Gasteiger partial charge is 0.0522 e. The first-order valence-corrected chi connectivity index (χ1v) is 8.42. The normalized spacial score (nSPS) is 21.0. The molecule has 1 fully saturated rings. The van der Waals surface area contributed by atoms with E-state index in [1.165, 1.54) is 40.6 Å². The van der Waals surface area contributed by atoms with Crippen LogP contribution in [0.4, 0.5) is 0 Å². The zero-order chi connectivity index (χ0) is 15.4. The molecule has 1 heterocycles. The third-order valence-corrected chi connectivity index (χ3v) is 4.36. The van der Waals surface area contributed by atoms with Crippen LogP contribution in [0.1, 0.15) is 63.4 Å². The molecule has 112 valence electrons. The van der Waals surface area contributed by atoms with Crippen LogP contribution in [-0.2, 0) is 0 Å². The molecular formula is C20H27N. The molecule has 2 aliphatic carbocycles. The number of nitrogens with zero attached hydrogens (tertiary/aromatic N) is 1. The van der Waals surface area contributed by atoms with E-state index in [1.807, 2.05) is 27.7 Å². The summed E-state index contributed by atoms with van der Waals surface area (Å²) in [6.07, 6.45) is 7.34. The molecule has 1 saturated carbocycles. The monoisotopic (exact) mass is 281 g/mol. The van der Waals surface area contributed by atoms with Gasteiger partial charge in [-0.3, -0.25) is 4.98 Å². The first-order chi connectivity index (χ1) is 10.3. The third kappa shape index (κ3) is 2.62. The molecule has 21 heavy (non-hydrogen) atoms. The van der Waals surface area contributed by atoms with Gasteiger partial charge >= 0.3 is 0 Å². The summed E-state index contributed by atoms with van der Waals surface area (Å²) in [4.78, 5) is 4.87. The van der Waals surface area contributed by atoms with E-state index in [0.29, 0.717) is 5.92 Å². The second-order valence-corrected chi connectivity index (χ2v) is 5.25. The van der Waals surface area contributed by atoms with Gasteiger partial charge in [-0.15, -0.1) is 0 Å². The van der Waals surface area contributed by atoms with Gasteiger partial charge in [0.25, 0.3) is 0 Å². The minimum atomic E-state index is 0.693. The van der Waals surface area contributed by atoms with Crippen molar-refractivity contribution in [2.24, 2.45) is 5.92 Å². The number of hydrogen-bond acceptors (Lipinski definition) is 1. The maximum atomic E-state index is 4.87. The molecular weight excluding hydrogens is 254 g/mol. The van der Waals surface area contributed by atoms with Gasteiger partial charge in [0, 0.05) is 22.6 Å². The van der Waals surface area contributed by atoms with Crippen LogP contribution in [0.2, 0.25) is 0 Å². The van der Waals surface area contributed by atoms with E-state index >= 15 is 0 Å². The number of pyridine rings is 1. The molecule has 0 radical (unpaired) electrons. The molecule has 4 rings (SSSR count). The summed E-state index contributed by atoms with van der Waals surface area (Å²) in [5.41, 5.74) is 3.90. The Morgan fingerprint density at radius 3 is 2.24 bits per heavy atom. The van der Waals surface area contributed by atoms with Crippen LogP contribution in [-0.4, -0.2) is 4.98 Å². The molecule has 0 bridgehead atoms. The number of aromatic nitrogens is 1. The average Bonchev–Trinajstić information content (AvgIpc) is 2.52. The summed E-state index contributed by atoms with van der Waals surface area (Å²) in [6, 6.07) is 8.63. The van der Waals surface area contributed by atoms with Crippen molar-refractivity contribution >= 4 is 16.8 Å². The summed E-state index contributed by atoms with van der Waals surface area (Å²) < 4.78 is 0. The van der Waals surface area contributed by atoms with Crippen molar-refractivity contribution in [3.63, 3.8) is 0 Å². The lowest BCUT2D eigenvalue weighted by Gasteiger charge is -2.38. The van der Waals surface area contributed by atoms with E-state index in [0.717, 1.165) is 5.92 Å². The van der Waals surface area contributed by atoms with Gasteiger partial charge in [-0.1, -0.05) is 64.1 Å². The molecule has 0 spiro atoms. The number of fused-ring (bicyclic) bond motifs is 5. The third-order valence-electron chi connectivity index (χ3n) is 4.36. The lowest BCUT2D eigenvalue weighted by molar-refractivity contribution is 0.307. The van der Waals surface area contributed by atoms with Gasteiger partial charge in [0.15, 0.2) is 0 Å². The molecule has 0 aliphatic heterocycles. The Morgan fingerprint density at radius 2 is 1.62 bits per heavy atom. The fourth-order valence-corrected chi connectivity index (χ4v) is 3.25. The molecule has 2 aliphatic rings. The molecule has 1 heteroatoms. The summed E-state index contributed by atoms with van der Waals surface area (Å²) in [5.74, 6) is 1.45. The Hall–Kier alpha value is -1.63. The quantitative estimate of drug-likeness (QED) is 0.567. The topological polar surface area (TPSA) is 12.9 Å². The number of hydrogen-bond donors (Lipinski definition) is 0. The molecule has 0 saturated heterocycles. The van der Waals surface area contributed by atoms with Crippen molar-refractivity contribution in [1.29, 1.82) is 0 Å². The fourth-order valence-electron chi connectivity index (χ4n) is 3.25. The largest absolute Gasteiger partial charge is 0.257 e. The summed E-state index contributed by atoms with van der Waals surface area (Å²) >= 11 is 0. The SMILES string of the molecule is CC.CC.Cc1nc2c(c3ccccc13)C=CC1CCC21. The Labute approximate surface area is 129 Å². The first kappa shape index (κ1) is 15.8. The van der Waals surface area contributed by atoms with E-state index in [2.05, 4.69) is 43.3 Å². The Morgan fingerprint density at radius 1 is 0.952 bits per heavy atom. The van der Waals surface area contributed by atoms with Crippen molar-refractivity contribution in [2.75, 3.05) is 0 Å². The molecule has 1 aromatic heterocycles. The van der Waals surface area contributed by atoms with Crippen molar-refractivity contribution in [3.8, 4) is 0 Å². The fraction of sp³-hybridized carbons (Fsp3) is 0.450. The van der Waals surface area contributed by atoms with Crippen LogP contribution in [0, 0.1) is 12.8 Å². The van der Waals surface area contributed by atoms with Gasteiger partial charge < -0.3 is 0 Å². The predicted octanol–water partition coefficient (Wildman–Crippen LogP) is 6.12. The molecule has 1 aromatic carbocycles. The number of benzene rings is 1. The van der Waals surface area contributed by atoms with Gasteiger partial charge in [0.05, 0.1) is 5.69 Å². The highest BCUT2D eigenvalue weighted by atomic mass is 14.7. The minimum Gasteiger partial charge on any atom is -0.257 e. The molecule has 2 aromatic rings. The Bertz CT molecular complexity index is 640. The molecule has 0 amide bonds. The van der Waals surface area contributed by atoms with Gasteiger partial charge in [-0.25, -0.2) is 0 Å². The summed E-state index contributed by atoms with van der Waals surface area (Å²) in [6.45, 7) is 10.1.